The number of hydrogen-bond acceptors (Lipinski definition) is 6. The average Bonchev–Trinajstić information content (AvgIpc) is 3.07. The van der Waals surface area contributed by atoms with Crippen molar-refractivity contribution in [2.24, 2.45) is 17.1 Å². The zero-order valence-corrected chi connectivity index (χ0v) is 12.8. The molecule has 3 atom stereocenters. The fourth-order valence-electron chi connectivity index (χ4n) is 2.99. The number of aliphatic hydroxyl groups is 1. The molecule has 0 aromatic carbocycles. The summed E-state index contributed by atoms with van der Waals surface area (Å²) in [7, 11) is 0. The average molecular weight is 321 g/mol. The second-order valence-corrected chi connectivity index (χ2v) is 7.63. The summed E-state index contributed by atoms with van der Waals surface area (Å²) in [6.07, 6.45) is 0.930. The first-order valence-corrected chi connectivity index (χ1v) is 8.60. The first kappa shape index (κ1) is 13.5. The summed E-state index contributed by atoms with van der Waals surface area (Å²) in [6.45, 7) is 0.548. The number of hydrogen-bond donors (Lipinski definition) is 2. The van der Waals surface area contributed by atoms with Crippen molar-refractivity contribution in [3.8, 4) is 0 Å². The Morgan fingerprint density at radius 1 is 1.38 bits per heavy atom. The number of rotatable bonds is 5. The number of nitrogens with two attached hydrogens (primary N) is 1. The van der Waals surface area contributed by atoms with Gasteiger partial charge in [-0.15, -0.1) is 22.7 Å². The number of carbonyl (C=O) groups is 1. The van der Waals surface area contributed by atoms with E-state index in [1.165, 1.54) is 22.7 Å². The third kappa shape index (κ3) is 1.76. The molecular formula is C15H15NO3S2. The number of carbonyl (C=O) groups excluding carboxylic acids is 1. The van der Waals surface area contributed by atoms with E-state index < -0.39 is 11.6 Å². The van der Waals surface area contributed by atoms with Gasteiger partial charge in [-0.3, -0.25) is 0 Å². The molecule has 4 nitrogen and oxygen atoms in total. The highest BCUT2D eigenvalue weighted by atomic mass is 32.1. The minimum absolute atomic E-state index is 0.0153. The van der Waals surface area contributed by atoms with E-state index in [1.54, 1.807) is 12.1 Å². The lowest BCUT2D eigenvalue weighted by Crippen LogP contribution is -2.39. The Kier molecular flexibility index (Phi) is 2.81. The van der Waals surface area contributed by atoms with E-state index in [0.717, 1.165) is 6.42 Å². The maximum atomic E-state index is 12.6. The smallest absolute Gasteiger partial charge is 0.349 e. The van der Waals surface area contributed by atoms with Crippen LogP contribution in [0.3, 0.4) is 0 Å². The van der Waals surface area contributed by atoms with Gasteiger partial charge in [-0.1, -0.05) is 12.1 Å². The van der Waals surface area contributed by atoms with E-state index in [0.29, 0.717) is 22.2 Å². The number of esters is 1. The maximum Gasteiger partial charge on any atom is 0.349 e. The van der Waals surface area contributed by atoms with Crippen molar-refractivity contribution in [2.75, 3.05) is 6.54 Å². The van der Waals surface area contributed by atoms with Gasteiger partial charge < -0.3 is 15.6 Å². The molecule has 0 bridgehead atoms. The maximum absolute atomic E-state index is 12.6. The van der Waals surface area contributed by atoms with Crippen LogP contribution in [0, 0.1) is 11.3 Å². The molecular weight excluding hydrogens is 306 g/mol. The molecule has 2 aliphatic rings. The Labute approximate surface area is 130 Å². The SMILES string of the molecule is NCC12CC1C2OC(=O)C(O)(c1cccs1)c1cccs1. The molecule has 2 aliphatic carbocycles. The number of fused-ring (bicyclic) bond motifs is 1. The fraction of sp³-hybridized carbons (Fsp3) is 0.400. The van der Waals surface area contributed by atoms with Crippen LogP contribution in [0.1, 0.15) is 16.2 Å². The lowest BCUT2D eigenvalue weighted by Gasteiger charge is -2.25. The zero-order chi connectivity index (χ0) is 14.7. The Morgan fingerprint density at radius 2 is 2.00 bits per heavy atom. The van der Waals surface area contributed by atoms with E-state index in [-0.39, 0.29) is 11.5 Å². The van der Waals surface area contributed by atoms with Gasteiger partial charge in [0.05, 0.1) is 9.75 Å². The predicted octanol–water partition coefficient (Wildman–Crippen LogP) is 1.94. The molecule has 3 unspecified atom stereocenters. The van der Waals surface area contributed by atoms with Crippen LogP contribution in [0.25, 0.3) is 0 Å². The van der Waals surface area contributed by atoms with Crippen molar-refractivity contribution in [1.29, 1.82) is 0 Å². The molecule has 3 N–H and O–H groups in total. The first-order chi connectivity index (χ1) is 10.1. The highest BCUT2D eigenvalue weighted by molar-refractivity contribution is 7.12. The standard InChI is InChI=1S/C15H15NO3S2/c16-8-14-7-9(14)12(14)19-13(17)15(18,10-3-1-5-20-10)11-4-2-6-21-11/h1-6,9,12,18H,7-8,16H2. The zero-order valence-electron chi connectivity index (χ0n) is 11.2. The van der Waals surface area contributed by atoms with Gasteiger partial charge in [0, 0.05) is 17.9 Å². The molecule has 2 saturated carbocycles. The van der Waals surface area contributed by atoms with Crippen LogP contribution in [0.15, 0.2) is 35.0 Å². The molecule has 0 spiro atoms. The summed E-state index contributed by atoms with van der Waals surface area (Å²) < 4.78 is 5.57. The second-order valence-electron chi connectivity index (χ2n) is 5.74. The topological polar surface area (TPSA) is 72.5 Å². The van der Waals surface area contributed by atoms with E-state index in [2.05, 4.69) is 0 Å². The quantitative estimate of drug-likeness (QED) is 0.826. The summed E-state index contributed by atoms with van der Waals surface area (Å²) in [5, 5.41) is 14.7. The van der Waals surface area contributed by atoms with E-state index in [4.69, 9.17) is 10.5 Å². The van der Waals surface area contributed by atoms with Crippen LogP contribution in [0.5, 0.6) is 0 Å². The van der Waals surface area contributed by atoms with Crippen molar-refractivity contribution in [1.82, 2.24) is 0 Å². The minimum atomic E-state index is -1.70. The molecule has 4 rings (SSSR count). The van der Waals surface area contributed by atoms with Crippen LogP contribution in [-0.4, -0.2) is 23.7 Å². The lowest BCUT2D eigenvalue weighted by atomic mass is 10.00. The molecule has 2 fully saturated rings. The minimum Gasteiger partial charge on any atom is -0.459 e. The van der Waals surface area contributed by atoms with E-state index >= 15 is 0 Å². The summed E-state index contributed by atoms with van der Waals surface area (Å²) in [5.41, 5.74) is 4.04. The Morgan fingerprint density at radius 3 is 2.38 bits per heavy atom. The van der Waals surface area contributed by atoms with Gasteiger partial charge in [0.15, 0.2) is 0 Å². The first-order valence-electron chi connectivity index (χ1n) is 6.84. The largest absolute Gasteiger partial charge is 0.459 e. The summed E-state index contributed by atoms with van der Waals surface area (Å²) in [5.74, 6) is -0.181. The van der Waals surface area contributed by atoms with Gasteiger partial charge in [0.2, 0.25) is 5.60 Å². The fourth-order valence-corrected chi connectivity index (χ4v) is 4.71. The molecule has 2 aromatic heterocycles. The summed E-state index contributed by atoms with van der Waals surface area (Å²) >= 11 is 2.70. The molecule has 21 heavy (non-hydrogen) atoms. The van der Waals surface area contributed by atoms with Crippen molar-refractivity contribution < 1.29 is 14.6 Å². The predicted molar refractivity (Wildman–Crippen MR) is 81.1 cm³/mol. The van der Waals surface area contributed by atoms with Crippen molar-refractivity contribution >= 4 is 28.6 Å². The van der Waals surface area contributed by atoms with Gasteiger partial charge in [-0.25, -0.2) is 4.79 Å². The molecule has 0 radical (unpaired) electrons. The molecule has 2 heterocycles. The van der Waals surface area contributed by atoms with Gasteiger partial charge in [0.1, 0.15) is 6.10 Å². The van der Waals surface area contributed by atoms with Crippen molar-refractivity contribution in [2.45, 2.75) is 18.1 Å². The molecule has 0 aliphatic heterocycles. The van der Waals surface area contributed by atoms with Crippen LogP contribution >= 0.6 is 22.7 Å². The van der Waals surface area contributed by atoms with Gasteiger partial charge in [-0.2, -0.15) is 0 Å². The summed E-state index contributed by atoms with van der Waals surface area (Å²) in [4.78, 5) is 13.8. The second kappa shape index (κ2) is 4.39. The van der Waals surface area contributed by atoms with Gasteiger partial charge >= 0.3 is 5.97 Å². The van der Waals surface area contributed by atoms with Crippen LogP contribution in [0.4, 0.5) is 0 Å². The number of thiophene rings is 2. The highest BCUT2D eigenvalue weighted by Gasteiger charge is 2.81. The Balaban J connectivity index is 1.63. The van der Waals surface area contributed by atoms with Crippen LogP contribution in [0.2, 0.25) is 0 Å². The van der Waals surface area contributed by atoms with E-state index in [9.17, 15) is 9.90 Å². The van der Waals surface area contributed by atoms with Gasteiger partial charge in [0.25, 0.3) is 0 Å². The third-order valence-corrected chi connectivity index (χ3v) is 6.62. The molecule has 0 saturated heterocycles. The highest BCUT2D eigenvalue weighted by Crippen LogP contribution is 2.76. The Hall–Kier alpha value is -1.21. The normalized spacial score (nSPS) is 29.8. The monoisotopic (exact) mass is 321 g/mol. The number of ether oxygens (including phenoxy) is 1. The van der Waals surface area contributed by atoms with Crippen LogP contribution < -0.4 is 5.73 Å². The summed E-state index contributed by atoms with van der Waals surface area (Å²) in [6, 6.07) is 7.17. The molecule has 110 valence electrons. The van der Waals surface area contributed by atoms with E-state index in [1.807, 2.05) is 22.9 Å². The van der Waals surface area contributed by atoms with Gasteiger partial charge in [-0.05, 0) is 29.3 Å². The lowest BCUT2D eigenvalue weighted by molar-refractivity contribution is -0.165. The molecule has 0 amide bonds. The van der Waals surface area contributed by atoms with Crippen LogP contribution in [-0.2, 0) is 15.1 Å². The third-order valence-electron chi connectivity index (χ3n) is 4.67. The Bertz CT molecular complexity index is 633. The van der Waals surface area contributed by atoms with Crippen molar-refractivity contribution in [3.05, 3.63) is 44.8 Å². The van der Waals surface area contributed by atoms with Crippen molar-refractivity contribution in [3.63, 3.8) is 0 Å². The molecule has 6 heteroatoms. The molecule has 2 aromatic rings.